The van der Waals surface area contributed by atoms with Gasteiger partial charge in [-0.05, 0) is 46.4 Å². The molecule has 1 atom stereocenters. The van der Waals surface area contributed by atoms with Crippen LogP contribution in [0, 0.1) is 0 Å². The van der Waals surface area contributed by atoms with Crippen LogP contribution < -0.4 is 5.32 Å². The molecule has 0 heterocycles. The largest absolute Gasteiger partial charge is 0.387 e. The smallest absolute Gasteiger partial charge is 0.252 e. The highest BCUT2D eigenvalue weighted by atomic mass is 16.3. The van der Waals surface area contributed by atoms with Crippen LogP contribution in [0.5, 0.6) is 0 Å². The van der Waals surface area contributed by atoms with Crippen LogP contribution >= 0.6 is 0 Å². The van der Waals surface area contributed by atoms with Gasteiger partial charge in [-0.25, -0.2) is 0 Å². The molecule has 0 bridgehead atoms. The molecule has 1 aromatic carbocycles. The summed E-state index contributed by atoms with van der Waals surface area (Å²) >= 11 is 0. The monoisotopic (exact) mass is 277 g/mol. The molecule has 0 aliphatic heterocycles. The molecule has 104 valence electrons. The zero-order chi connectivity index (χ0) is 14.4. The molecule has 4 rings (SSSR count). The zero-order valence-electron chi connectivity index (χ0n) is 11.5. The molecule has 3 aliphatic rings. The Labute approximate surface area is 123 Å². The van der Waals surface area contributed by atoms with Crippen LogP contribution in [0.1, 0.15) is 18.1 Å². The Bertz CT molecular complexity index is 751. The first-order valence-corrected chi connectivity index (χ1v) is 7.12. The maximum absolute atomic E-state index is 12.3. The molecule has 0 saturated heterocycles. The van der Waals surface area contributed by atoms with Crippen molar-refractivity contribution in [1.29, 1.82) is 0 Å². The van der Waals surface area contributed by atoms with Crippen molar-refractivity contribution in [2.24, 2.45) is 0 Å². The summed E-state index contributed by atoms with van der Waals surface area (Å²) in [4.78, 5) is 12.3. The molecule has 2 N–H and O–H groups in total. The van der Waals surface area contributed by atoms with Crippen molar-refractivity contribution < 1.29 is 9.90 Å². The summed E-state index contributed by atoms with van der Waals surface area (Å²) in [6.45, 7) is 0.218. The molecular weight excluding hydrogens is 262 g/mol. The summed E-state index contributed by atoms with van der Waals surface area (Å²) in [5, 5.41) is 12.9. The van der Waals surface area contributed by atoms with Gasteiger partial charge in [0, 0.05) is 12.1 Å². The van der Waals surface area contributed by atoms with Gasteiger partial charge >= 0.3 is 0 Å². The van der Waals surface area contributed by atoms with E-state index < -0.39 is 6.10 Å². The van der Waals surface area contributed by atoms with Gasteiger partial charge in [-0.2, -0.15) is 0 Å². The summed E-state index contributed by atoms with van der Waals surface area (Å²) in [6, 6.07) is 9.36. The van der Waals surface area contributed by atoms with Crippen molar-refractivity contribution in [3.63, 3.8) is 0 Å². The van der Waals surface area contributed by atoms with Gasteiger partial charge in [0.1, 0.15) is 0 Å². The lowest BCUT2D eigenvalue weighted by Crippen LogP contribution is -2.29. The number of allylic oxidation sites excluding steroid dienone is 6. The topological polar surface area (TPSA) is 49.3 Å². The number of hydrogen-bond donors (Lipinski definition) is 2. The molecule has 1 amide bonds. The molecular formula is C18H15NO2. The van der Waals surface area contributed by atoms with E-state index in [9.17, 15) is 9.90 Å². The minimum atomic E-state index is -0.681. The molecule has 0 aromatic heterocycles. The van der Waals surface area contributed by atoms with E-state index in [1.54, 1.807) is 0 Å². The van der Waals surface area contributed by atoms with Gasteiger partial charge in [0.25, 0.3) is 5.91 Å². The fraction of sp³-hybridized carbons (Fsp3) is 0.167. The molecule has 1 saturated carbocycles. The maximum Gasteiger partial charge on any atom is 0.252 e. The molecule has 21 heavy (non-hydrogen) atoms. The average molecular weight is 277 g/mol. The highest BCUT2D eigenvalue weighted by Crippen LogP contribution is 2.51. The number of rotatable bonds is 4. The van der Waals surface area contributed by atoms with Crippen LogP contribution in [0.4, 0.5) is 0 Å². The zero-order valence-corrected chi connectivity index (χ0v) is 11.5. The minimum Gasteiger partial charge on any atom is -0.387 e. The summed E-state index contributed by atoms with van der Waals surface area (Å²) < 4.78 is 0. The van der Waals surface area contributed by atoms with Crippen molar-refractivity contribution in [1.82, 2.24) is 5.32 Å². The lowest BCUT2D eigenvalue weighted by Gasteiger charge is -2.12. The molecule has 1 unspecified atom stereocenters. The standard InChI is InChI=1S/C18H15NO2/c20-17(11-4-2-1-3-5-11)10-19-18(21)14-7-6-13-15-8-12(15)9-16(13)14/h1-7,9,17,20H,8,10H2,(H,19,21). The number of amides is 1. The third-order valence-corrected chi connectivity index (χ3v) is 4.16. The van der Waals surface area contributed by atoms with E-state index in [0.717, 1.165) is 17.6 Å². The molecule has 3 aliphatic carbocycles. The molecule has 0 spiro atoms. The number of nitrogens with one attached hydrogen (secondary N) is 1. The number of carbonyl (C=O) groups is 1. The SMILES string of the molecule is O=C(NCC(O)c1ccccc1)C1=C2C=C3CC3=C2C=C1. The number of aliphatic hydroxyl groups excluding tert-OH is 1. The van der Waals surface area contributed by atoms with Gasteiger partial charge in [0.05, 0.1) is 6.10 Å². The first kappa shape index (κ1) is 12.4. The lowest BCUT2D eigenvalue weighted by atomic mass is 10.1. The molecule has 1 fully saturated rings. The Morgan fingerprint density at radius 1 is 1.19 bits per heavy atom. The Morgan fingerprint density at radius 3 is 2.81 bits per heavy atom. The van der Waals surface area contributed by atoms with Crippen LogP contribution in [0.2, 0.25) is 0 Å². The number of carbonyl (C=O) groups excluding carboxylic acids is 1. The lowest BCUT2D eigenvalue weighted by molar-refractivity contribution is -0.117. The van der Waals surface area contributed by atoms with E-state index in [1.807, 2.05) is 42.5 Å². The van der Waals surface area contributed by atoms with E-state index in [2.05, 4.69) is 11.4 Å². The summed E-state index contributed by atoms with van der Waals surface area (Å²) in [5.41, 5.74) is 6.51. The Hall–Kier alpha value is -2.39. The van der Waals surface area contributed by atoms with Crippen LogP contribution in [-0.2, 0) is 4.79 Å². The first-order chi connectivity index (χ1) is 10.2. The summed E-state index contributed by atoms with van der Waals surface area (Å²) in [5.74, 6) is -0.120. The average Bonchev–Trinajstić information content (AvgIpc) is 3.00. The van der Waals surface area contributed by atoms with Crippen LogP contribution in [0.15, 0.2) is 76.4 Å². The third-order valence-electron chi connectivity index (χ3n) is 4.16. The highest BCUT2D eigenvalue weighted by molar-refractivity contribution is 6.01. The fourth-order valence-electron chi connectivity index (χ4n) is 2.91. The van der Waals surface area contributed by atoms with Crippen LogP contribution in [0.3, 0.4) is 0 Å². The Balaban J connectivity index is 1.44. The van der Waals surface area contributed by atoms with Crippen molar-refractivity contribution in [2.75, 3.05) is 6.54 Å². The van der Waals surface area contributed by atoms with Crippen molar-refractivity contribution in [3.8, 4) is 0 Å². The number of aliphatic hydroxyl groups is 1. The fourth-order valence-corrected chi connectivity index (χ4v) is 2.91. The van der Waals surface area contributed by atoms with E-state index in [1.165, 1.54) is 16.7 Å². The number of hydrogen-bond acceptors (Lipinski definition) is 2. The van der Waals surface area contributed by atoms with Crippen LogP contribution in [0.25, 0.3) is 0 Å². The Kier molecular flexibility index (Phi) is 2.69. The van der Waals surface area contributed by atoms with Gasteiger partial charge in [0.2, 0.25) is 0 Å². The maximum atomic E-state index is 12.3. The van der Waals surface area contributed by atoms with E-state index in [4.69, 9.17) is 0 Å². The van der Waals surface area contributed by atoms with E-state index in [-0.39, 0.29) is 12.5 Å². The minimum absolute atomic E-state index is 0.120. The van der Waals surface area contributed by atoms with Crippen molar-refractivity contribution >= 4 is 5.91 Å². The molecule has 1 aromatic rings. The Morgan fingerprint density at radius 2 is 2.00 bits per heavy atom. The van der Waals surface area contributed by atoms with Crippen molar-refractivity contribution in [2.45, 2.75) is 12.5 Å². The van der Waals surface area contributed by atoms with Crippen LogP contribution in [-0.4, -0.2) is 17.6 Å². The number of benzene rings is 1. The molecule has 0 radical (unpaired) electrons. The predicted molar refractivity (Wildman–Crippen MR) is 80.3 cm³/mol. The second-order valence-corrected chi connectivity index (χ2v) is 5.54. The van der Waals surface area contributed by atoms with Gasteiger partial charge < -0.3 is 10.4 Å². The highest BCUT2D eigenvalue weighted by Gasteiger charge is 2.35. The summed E-state index contributed by atoms with van der Waals surface area (Å²) in [7, 11) is 0. The van der Waals surface area contributed by atoms with Gasteiger partial charge in [0.15, 0.2) is 0 Å². The van der Waals surface area contributed by atoms with E-state index >= 15 is 0 Å². The van der Waals surface area contributed by atoms with Crippen molar-refractivity contribution in [3.05, 3.63) is 82.0 Å². The second-order valence-electron chi connectivity index (χ2n) is 5.54. The quantitative estimate of drug-likeness (QED) is 0.887. The number of fused-ring (bicyclic) bond motifs is 2. The molecule has 3 heteroatoms. The third kappa shape index (κ3) is 2.06. The summed E-state index contributed by atoms with van der Waals surface area (Å²) in [6.07, 6.45) is 6.38. The first-order valence-electron chi connectivity index (χ1n) is 7.12. The van der Waals surface area contributed by atoms with Gasteiger partial charge in [-0.3, -0.25) is 4.79 Å². The second kappa shape index (κ2) is 4.57. The van der Waals surface area contributed by atoms with E-state index in [0.29, 0.717) is 5.57 Å². The normalized spacial score (nSPS) is 19.4. The molecule has 3 nitrogen and oxygen atoms in total. The van der Waals surface area contributed by atoms with Gasteiger partial charge in [-0.1, -0.05) is 36.4 Å². The van der Waals surface area contributed by atoms with Gasteiger partial charge in [-0.15, -0.1) is 0 Å². The predicted octanol–water partition coefficient (Wildman–Crippen LogP) is 2.34.